The number of rotatable bonds is 3. The lowest BCUT2D eigenvalue weighted by molar-refractivity contribution is 0.377. The number of fused-ring (bicyclic) bond motifs is 1. The topological polar surface area (TPSA) is 29.0 Å². The lowest BCUT2D eigenvalue weighted by atomic mass is 9.92. The lowest BCUT2D eigenvalue weighted by Gasteiger charge is -2.33. The molecule has 1 fully saturated rings. The third kappa shape index (κ3) is 2.77. The van der Waals surface area contributed by atoms with Crippen molar-refractivity contribution in [1.82, 2.24) is 9.97 Å². The highest BCUT2D eigenvalue weighted by molar-refractivity contribution is 7.18. The van der Waals surface area contributed by atoms with E-state index in [2.05, 4.69) is 34.8 Å². The van der Waals surface area contributed by atoms with Crippen LogP contribution in [0.15, 0.2) is 6.07 Å². The molecular weight excluding hydrogens is 290 g/mol. The molecule has 0 amide bonds. The highest BCUT2D eigenvalue weighted by atomic mass is 35.5. The molecule has 0 atom stereocenters. The summed E-state index contributed by atoms with van der Waals surface area (Å²) < 4.78 is 0. The average molecular weight is 310 g/mol. The number of anilines is 1. The molecule has 0 unspecified atom stereocenters. The van der Waals surface area contributed by atoms with Crippen LogP contribution >= 0.6 is 22.9 Å². The molecule has 0 saturated carbocycles. The Kier molecular flexibility index (Phi) is 4.13. The number of hydrogen-bond acceptors (Lipinski definition) is 4. The normalized spacial score (nSPS) is 17.1. The molecular formula is C15H20ClN3S. The number of hydrogen-bond donors (Lipinski definition) is 0. The summed E-state index contributed by atoms with van der Waals surface area (Å²) >= 11 is 7.78. The Morgan fingerprint density at radius 1 is 1.35 bits per heavy atom. The largest absolute Gasteiger partial charge is 0.356 e. The van der Waals surface area contributed by atoms with Crippen molar-refractivity contribution >= 4 is 39.0 Å². The fourth-order valence-electron chi connectivity index (χ4n) is 3.08. The van der Waals surface area contributed by atoms with E-state index in [0.29, 0.717) is 5.28 Å². The van der Waals surface area contributed by atoms with Crippen LogP contribution in [0.1, 0.15) is 37.5 Å². The summed E-state index contributed by atoms with van der Waals surface area (Å²) in [5.41, 5.74) is 0. The first-order chi connectivity index (χ1) is 9.67. The predicted octanol–water partition coefficient (Wildman–Crippen LogP) is 4.67. The maximum atomic E-state index is 6.09. The second-order valence-electron chi connectivity index (χ2n) is 5.61. The summed E-state index contributed by atoms with van der Waals surface area (Å²) in [6, 6.07) is 2.18. The van der Waals surface area contributed by atoms with Gasteiger partial charge in [-0.15, -0.1) is 11.3 Å². The van der Waals surface area contributed by atoms with Gasteiger partial charge in [0.2, 0.25) is 5.28 Å². The Hall–Kier alpha value is -0.870. The minimum atomic E-state index is 0.366. The standard InChI is InChI=1S/C15H20ClN3S/c1-3-4-11-5-7-19(8-6-11)13-12-9-10(2)20-14(12)18-15(16)17-13/h9,11H,3-8H2,1-2H3. The monoisotopic (exact) mass is 309 g/mol. The molecule has 0 spiro atoms. The summed E-state index contributed by atoms with van der Waals surface area (Å²) in [5, 5.41) is 1.52. The van der Waals surface area contributed by atoms with Crippen LogP contribution in [0.25, 0.3) is 10.2 Å². The van der Waals surface area contributed by atoms with E-state index in [1.165, 1.54) is 30.6 Å². The molecule has 0 radical (unpaired) electrons. The van der Waals surface area contributed by atoms with E-state index >= 15 is 0 Å². The van der Waals surface area contributed by atoms with Crippen LogP contribution < -0.4 is 4.90 Å². The quantitative estimate of drug-likeness (QED) is 0.772. The predicted molar refractivity (Wildman–Crippen MR) is 87.0 cm³/mol. The molecule has 3 nitrogen and oxygen atoms in total. The van der Waals surface area contributed by atoms with Gasteiger partial charge in [0.25, 0.3) is 0 Å². The van der Waals surface area contributed by atoms with Crippen molar-refractivity contribution in [2.24, 2.45) is 5.92 Å². The molecule has 20 heavy (non-hydrogen) atoms. The molecule has 1 aliphatic rings. The number of piperidine rings is 1. The summed E-state index contributed by atoms with van der Waals surface area (Å²) in [6.45, 7) is 6.55. The number of aromatic nitrogens is 2. The first-order valence-electron chi connectivity index (χ1n) is 7.36. The van der Waals surface area contributed by atoms with Crippen molar-refractivity contribution in [3.05, 3.63) is 16.2 Å². The Morgan fingerprint density at radius 3 is 2.80 bits per heavy atom. The molecule has 1 saturated heterocycles. The van der Waals surface area contributed by atoms with Gasteiger partial charge in [-0.3, -0.25) is 0 Å². The molecule has 3 heterocycles. The fourth-order valence-corrected chi connectivity index (χ4v) is 4.17. The van der Waals surface area contributed by atoms with E-state index in [4.69, 9.17) is 11.6 Å². The van der Waals surface area contributed by atoms with E-state index in [9.17, 15) is 0 Å². The van der Waals surface area contributed by atoms with Gasteiger partial charge in [0.1, 0.15) is 10.6 Å². The first-order valence-corrected chi connectivity index (χ1v) is 8.55. The molecule has 0 bridgehead atoms. The van der Waals surface area contributed by atoms with Gasteiger partial charge >= 0.3 is 0 Å². The van der Waals surface area contributed by atoms with Crippen LogP contribution in [0, 0.1) is 12.8 Å². The summed E-state index contributed by atoms with van der Waals surface area (Å²) in [6.07, 6.45) is 5.17. The third-order valence-corrected chi connectivity index (χ3v) is 5.19. The van der Waals surface area contributed by atoms with Crippen LogP contribution in [0.2, 0.25) is 5.28 Å². The van der Waals surface area contributed by atoms with E-state index in [-0.39, 0.29) is 0 Å². The minimum Gasteiger partial charge on any atom is -0.356 e. The summed E-state index contributed by atoms with van der Waals surface area (Å²) in [7, 11) is 0. The molecule has 0 aromatic carbocycles. The van der Waals surface area contributed by atoms with Crippen molar-refractivity contribution < 1.29 is 0 Å². The molecule has 0 N–H and O–H groups in total. The Morgan fingerprint density at radius 2 is 2.10 bits per heavy atom. The molecule has 3 rings (SSSR count). The lowest BCUT2D eigenvalue weighted by Crippen LogP contribution is -2.34. The summed E-state index contributed by atoms with van der Waals surface area (Å²) in [5.74, 6) is 1.91. The maximum absolute atomic E-state index is 6.09. The van der Waals surface area contributed by atoms with Gasteiger partial charge in [-0.25, -0.2) is 4.98 Å². The van der Waals surface area contributed by atoms with E-state index in [0.717, 1.165) is 35.0 Å². The van der Waals surface area contributed by atoms with Crippen LogP contribution in [0.4, 0.5) is 5.82 Å². The van der Waals surface area contributed by atoms with Crippen LogP contribution in [0.3, 0.4) is 0 Å². The van der Waals surface area contributed by atoms with Crippen molar-refractivity contribution in [1.29, 1.82) is 0 Å². The van der Waals surface area contributed by atoms with Crippen molar-refractivity contribution in [3.8, 4) is 0 Å². The molecule has 5 heteroatoms. The van der Waals surface area contributed by atoms with Gasteiger partial charge in [0, 0.05) is 18.0 Å². The average Bonchev–Trinajstić information content (AvgIpc) is 2.79. The van der Waals surface area contributed by atoms with Gasteiger partial charge in [-0.05, 0) is 43.4 Å². The van der Waals surface area contributed by atoms with Gasteiger partial charge in [0.15, 0.2) is 0 Å². The number of aryl methyl sites for hydroxylation is 1. The fraction of sp³-hybridized carbons (Fsp3) is 0.600. The van der Waals surface area contributed by atoms with Crippen LogP contribution in [0.5, 0.6) is 0 Å². The summed E-state index contributed by atoms with van der Waals surface area (Å²) in [4.78, 5) is 13.5. The van der Waals surface area contributed by atoms with E-state index in [1.54, 1.807) is 11.3 Å². The van der Waals surface area contributed by atoms with Crippen LogP contribution in [-0.2, 0) is 0 Å². The van der Waals surface area contributed by atoms with Crippen LogP contribution in [-0.4, -0.2) is 23.1 Å². The maximum Gasteiger partial charge on any atom is 0.225 e. The number of thiophene rings is 1. The van der Waals surface area contributed by atoms with Crippen molar-refractivity contribution in [2.75, 3.05) is 18.0 Å². The molecule has 0 aliphatic carbocycles. The smallest absolute Gasteiger partial charge is 0.225 e. The van der Waals surface area contributed by atoms with Gasteiger partial charge in [-0.2, -0.15) is 4.98 Å². The van der Waals surface area contributed by atoms with E-state index < -0.39 is 0 Å². The van der Waals surface area contributed by atoms with Gasteiger partial charge in [0.05, 0.1) is 5.39 Å². The second-order valence-corrected chi connectivity index (χ2v) is 7.18. The zero-order chi connectivity index (χ0) is 14.1. The molecule has 2 aromatic rings. The highest BCUT2D eigenvalue weighted by Gasteiger charge is 2.22. The molecule has 1 aliphatic heterocycles. The van der Waals surface area contributed by atoms with Gasteiger partial charge < -0.3 is 4.90 Å². The molecule has 2 aromatic heterocycles. The molecule has 108 valence electrons. The SMILES string of the molecule is CCCC1CCN(c2nc(Cl)nc3sc(C)cc23)CC1. The Bertz CT molecular complexity index is 602. The minimum absolute atomic E-state index is 0.366. The van der Waals surface area contributed by atoms with Crippen molar-refractivity contribution in [3.63, 3.8) is 0 Å². The zero-order valence-electron chi connectivity index (χ0n) is 12.0. The second kappa shape index (κ2) is 5.86. The Labute approximate surface area is 129 Å². The number of nitrogens with zero attached hydrogens (tertiary/aromatic N) is 3. The van der Waals surface area contributed by atoms with E-state index in [1.807, 2.05) is 0 Å². The zero-order valence-corrected chi connectivity index (χ0v) is 13.6. The highest BCUT2D eigenvalue weighted by Crippen LogP contribution is 2.34. The van der Waals surface area contributed by atoms with Crippen molar-refractivity contribution in [2.45, 2.75) is 39.5 Å². The van der Waals surface area contributed by atoms with Gasteiger partial charge in [-0.1, -0.05) is 19.8 Å². The number of halogens is 1. The third-order valence-electron chi connectivity index (χ3n) is 4.08. The Balaban J connectivity index is 1.87. The first kappa shape index (κ1) is 14.1.